The van der Waals surface area contributed by atoms with Gasteiger partial charge in [-0.3, -0.25) is 0 Å². The Balaban J connectivity index is 2.08. The Morgan fingerprint density at radius 1 is 1.23 bits per heavy atom. The molecule has 0 aliphatic rings. The molecule has 0 radical (unpaired) electrons. The smallest absolute Gasteiger partial charge is 0.341 e. The number of aryl methyl sites for hydroxylation is 1. The summed E-state index contributed by atoms with van der Waals surface area (Å²) < 4.78 is 5.28. The number of nitrogens with one attached hydrogen (secondary N) is 1. The fraction of sp³-hybridized carbons (Fsp3) is 0.200. The van der Waals surface area contributed by atoms with Crippen LogP contribution < -0.4 is 5.32 Å². The Labute approximate surface area is 151 Å². The van der Waals surface area contributed by atoms with Gasteiger partial charge in [0.15, 0.2) is 5.65 Å². The van der Waals surface area contributed by atoms with Crippen molar-refractivity contribution in [1.82, 2.24) is 9.97 Å². The van der Waals surface area contributed by atoms with Crippen molar-refractivity contribution < 1.29 is 9.53 Å². The molecular weight excluding hydrogens is 328 g/mol. The molecule has 0 atom stereocenters. The van der Waals surface area contributed by atoms with Crippen LogP contribution in [0.25, 0.3) is 11.0 Å². The van der Waals surface area contributed by atoms with E-state index in [1.165, 1.54) is 6.20 Å². The lowest BCUT2D eigenvalue weighted by molar-refractivity contribution is 0.0506. The number of carbonyl (C=O) groups excluding carboxylic acids is 1. The van der Waals surface area contributed by atoms with E-state index in [4.69, 9.17) is 10.00 Å². The third-order valence-electron chi connectivity index (χ3n) is 3.81. The number of pyridine rings is 2. The lowest BCUT2D eigenvalue weighted by atomic mass is 10.1. The maximum Gasteiger partial charge on any atom is 0.341 e. The second-order valence-electron chi connectivity index (χ2n) is 5.82. The van der Waals surface area contributed by atoms with E-state index in [1.807, 2.05) is 26.0 Å². The van der Waals surface area contributed by atoms with E-state index in [2.05, 4.69) is 21.4 Å². The average molecular weight is 346 g/mol. The number of anilines is 2. The molecule has 26 heavy (non-hydrogen) atoms. The van der Waals surface area contributed by atoms with Gasteiger partial charge in [0, 0.05) is 23.0 Å². The third kappa shape index (κ3) is 3.62. The number of nitrogens with zero attached hydrogens (tertiary/aromatic N) is 3. The summed E-state index contributed by atoms with van der Waals surface area (Å²) in [6.45, 7) is 4.17. The van der Waals surface area contributed by atoms with Crippen LogP contribution in [-0.4, -0.2) is 22.5 Å². The molecule has 0 spiro atoms. The minimum atomic E-state index is -0.432. The quantitative estimate of drug-likeness (QED) is 0.699. The molecule has 0 unspecified atom stereocenters. The number of hydrogen-bond donors (Lipinski definition) is 1. The number of benzene rings is 1. The Kier molecular flexibility index (Phi) is 5.09. The highest BCUT2D eigenvalue weighted by Gasteiger charge is 2.18. The first-order valence-electron chi connectivity index (χ1n) is 8.33. The predicted octanol–water partition coefficient (Wildman–Crippen LogP) is 4.12. The number of carbonyl (C=O) groups is 1. The molecule has 1 N–H and O–H groups in total. The molecule has 0 amide bonds. The molecule has 6 heteroatoms. The van der Waals surface area contributed by atoms with Crippen molar-refractivity contribution in [1.29, 1.82) is 5.26 Å². The third-order valence-corrected chi connectivity index (χ3v) is 3.81. The minimum absolute atomic E-state index is 0.347. The van der Waals surface area contributed by atoms with E-state index in [9.17, 15) is 4.79 Å². The van der Waals surface area contributed by atoms with Gasteiger partial charge in [0.1, 0.15) is 5.56 Å². The van der Waals surface area contributed by atoms with Gasteiger partial charge >= 0.3 is 5.97 Å². The summed E-state index contributed by atoms with van der Waals surface area (Å²) in [6.07, 6.45) is 2.23. The monoisotopic (exact) mass is 346 g/mol. The van der Waals surface area contributed by atoms with E-state index in [0.717, 1.165) is 23.2 Å². The van der Waals surface area contributed by atoms with Crippen molar-refractivity contribution in [3.63, 3.8) is 0 Å². The predicted molar refractivity (Wildman–Crippen MR) is 99.3 cm³/mol. The maximum absolute atomic E-state index is 12.5. The van der Waals surface area contributed by atoms with Crippen LogP contribution in [-0.2, 0) is 4.74 Å². The van der Waals surface area contributed by atoms with Crippen LogP contribution in [0.3, 0.4) is 0 Å². The molecule has 0 bridgehead atoms. The number of nitriles is 1. The normalized spacial score (nSPS) is 10.3. The zero-order valence-corrected chi connectivity index (χ0v) is 14.6. The van der Waals surface area contributed by atoms with E-state index < -0.39 is 5.97 Å². The van der Waals surface area contributed by atoms with Crippen molar-refractivity contribution in [2.75, 3.05) is 11.9 Å². The lowest BCUT2D eigenvalue weighted by Crippen LogP contribution is -2.10. The lowest BCUT2D eigenvalue weighted by Gasteiger charge is -2.14. The number of aromatic nitrogens is 2. The summed E-state index contributed by atoms with van der Waals surface area (Å²) in [6, 6.07) is 12.8. The van der Waals surface area contributed by atoms with E-state index in [1.54, 1.807) is 24.3 Å². The average Bonchev–Trinajstić information content (AvgIpc) is 2.66. The van der Waals surface area contributed by atoms with Gasteiger partial charge in [0.05, 0.1) is 23.9 Å². The summed E-state index contributed by atoms with van der Waals surface area (Å²) >= 11 is 0. The zero-order chi connectivity index (χ0) is 18.5. The molecule has 0 aliphatic carbocycles. The molecule has 0 aliphatic heterocycles. The maximum atomic E-state index is 12.5. The summed E-state index contributed by atoms with van der Waals surface area (Å²) in [5.74, 6) is -0.432. The van der Waals surface area contributed by atoms with Gasteiger partial charge < -0.3 is 10.1 Å². The Hall–Kier alpha value is -3.46. The largest absolute Gasteiger partial charge is 0.462 e. The molecule has 6 nitrogen and oxygen atoms in total. The Morgan fingerprint density at radius 2 is 2.00 bits per heavy atom. The molecular formula is C20H18N4O2. The minimum Gasteiger partial charge on any atom is -0.462 e. The van der Waals surface area contributed by atoms with Gasteiger partial charge in [-0.05, 0) is 49.7 Å². The molecule has 2 heterocycles. The SMILES string of the molecule is CCCOC(=O)c1cnc2nc(C)ccc2c1Nc1ccc(C#N)cc1. The van der Waals surface area contributed by atoms with Crippen molar-refractivity contribution >= 4 is 28.4 Å². The molecule has 130 valence electrons. The number of rotatable bonds is 5. The molecule has 0 saturated heterocycles. The van der Waals surface area contributed by atoms with Gasteiger partial charge in [-0.15, -0.1) is 0 Å². The van der Waals surface area contributed by atoms with Gasteiger partial charge in [-0.1, -0.05) is 6.92 Å². The number of ether oxygens (including phenoxy) is 1. The van der Waals surface area contributed by atoms with Crippen molar-refractivity contribution in [2.24, 2.45) is 0 Å². The summed E-state index contributed by atoms with van der Waals surface area (Å²) in [5.41, 5.74) is 3.65. The van der Waals surface area contributed by atoms with Crippen LogP contribution in [0, 0.1) is 18.3 Å². The molecule has 0 fully saturated rings. The second kappa shape index (κ2) is 7.62. The van der Waals surface area contributed by atoms with Gasteiger partial charge in [-0.25, -0.2) is 14.8 Å². The van der Waals surface area contributed by atoms with Crippen molar-refractivity contribution in [2.45, 2.75) is 20.3 Å². The summed E-state index contributed by atoms with van der Waals surface area (Å²) in [5, 5.41) is 12.9. The highest BCUT2D eigenvalue weighted by atomic mass is 16.5. The highest BCUT2D eigenvalue weighted by molar-refractivity contribution is 6.05. The standard InChI is InChI=1S/C20H18N4O2/c1-3-10-26-20(25)17-12-22-19-16(9-4-13(2)23-19)18(17)24-15-7-5-14(11-21)6-8-15/h4-9,12H,3,10H2,1-2H3,(H,22,23,24). The van der Waals surface area contributed by atoms with E-state index in [-0.39, 0.29) is 0 Å². The van der Waals surface area contributed by atoms with Crippen molar-refractivity contribution in [3.05, 3.63) is 59.4 Å². The van der Waals surface area contributed by atoms with Crippen LogP contribution in [0.5, 0.6) is 0 Å². The fourth-order valence-corrected chi connectivity index (χ4v) is 2.51. The van der Waals surface area contributed by atoms with Gasteiger partial charge in [0.2, 0.25) is 0 Å². The van der Waals surface area contributed by atoms with Crippen LogP contribution in [0.4, 0.5) is 11.4 Å². The molecule has 2 aromatic heterocycles. The number of hydrogen-bond acceptors (Lipinski definition) is 6. The highest BCUT2D eigenvalue weighted by Crippen LogP contribution is 2.29. The second-order valence-corrected chi connectivity index (χ2v) is 5.82. The van der Waals surface area contributed by atoms with Crippen molar-refractivity contribution in [3.8, 4) is 6.07 Å². The first kappa shape index (κ1) is 17.4. The van der Waals surface area contributed by atoms with Crippen LogP contribution >= 0.6 is 0 Å². The van der Waals surface area contributed by atoms with Crippen LogP contribution in [0.2, 0.25) is 0 Å². The molecule has 3 rings (SSSR count). The first-order valence-corrected chi connectivity index (χ1v) is 8.33. The van der Waals surface area contributed by atoms with Crippen LogP contribution in [0.1, 0.15) is 35.0 Å². The van der Waals surface area contributed by atoms with E-state index in [0.29, 0.717) is 29.1 Å². The summed E-state index contributed by atoms with van der Waals surface area (Å²) in [7, 11) is 0. The van der Waals surface area contributed by atoms with Crippen LogP contribution in [0.15, 0.2) is 42.6 Å². The topological polar surface area (TPSA) is 87.9 Å². The van der Waals surface area contributed by atoms with Gasteiger partial charge in [-0.2, -0.15) is 5.26 Å². The Morgan fingerprint density at radius 3 is 2.69 bits per heavy atom. The molecule has 0 saturated carbocycles. The number of esters is 1. The Bertz CT molecular complexity index is 991. The zero-order valence-electron chi connectivity index (χ0n) is 14.6. The number of fused-ring (bicyclic) bond motifs is 1. The summed E-state index contributed by atoms with van der Waals surface area (Å²) in [4.78, 5) is 21.2. The van der Waals surface area contributed by atoms with E-state index >= 15 is 0 Å². The molecule has 1 aromatic carbocycles. The fourth-order valence-electron chi connectivity index (χ4n) is 2.51. The first-order chi connectivity index (χ1) is 12.6. The molecule has 3 aromatic rings. The van der Waals surface area contributed by atoms with Gasteiger partial charge in [0.25, 0.3) is 0 Å².